The number of aliphatic hydroxyl groups excluding tert-OH is 1. The molecule has 1 aromatic heterocycles. The largest absolute Gasteiger partial charge is 0.386 e. The van der Waals surface area contributed by atoms with Crippen LogP contribution in [-0.4, -0.2) is 10.1 Å². The Hall–Kier alpha value is -1.13. The van der Waals surface area contributed by atoms with Gasteiger partial charge in [0.05, 0.1) is 5.54 Å². The van der Waals surface area contributed by atoms with Crippen LogP contribution < -0.4 is 5.73 Å². The Morgan fingerprint density at radius 1 is 1.16 bits per heavy atom. The highest BCUT2D eigenvalue weighted by Crippen LogP contribution is 2.32. The molecule has 100 valence electrons. The molecule has 0 saturated heterocycles. The van der Waals surface area contributed by atoms with Crippen molar-refractivity contribution in [3.8, 4) is 0 Å². The molecule has 0 radical (unpaired) electrons. The first kappa shape index (κ1) is 14.3. The molecule has 2 aromatic rings. The molecule has 2 unspecified atom stereocenters. The van der Waals surface area contributed by atoms with Crippen LogP contribution in [0.15, 0.2) is 42.6 Å². The summed E-state index contributed by atoms with van der Waals surface area (Å²) in [4.78, 5) is 3.99. The zero-order valence-electron chi connectivity index (χ0n) is 10.3. The number of aliphatic hydroxyl groups is 1. The van der Waals surface area contributed by atoms with E-state index in [0.29, 0.717) is 21.3 Å². The third-order valence-corrected chi connectivity index (χ3v) is 3.58. The highest BCUT2D eigenvalue weighted by Gasteiger charge is 2.32. The van der Waals surface area contributed by atoms with Crippen LogP contribution in [-0.2, 0) is 5.54 Å². The summed E-state index contributed by atoms with van der Waals surface area (Å²) >= 11 is 11.6. The first-order chi connectivity index (χ1) is 8.91. The topological polar surface area (TPSA) is 59.1 Å². The predicted octanol–water partition coefficient (Wildman–Crippen LogP) is 3.30. The van der Waals surface area contributed by atoms with Gasteiger partial charge in [-0.1, -0.05) is 41.4 Å². The van der Waals surface area contributed by atoms with Crippen molar-refractivity contribution in [1.82, 2.24) is 4.98 Å². The Bertz CT molecular complexity index is 553. The number of hydrogen-bond acceptors (Lipinski definition) is 3. The second kappa shape index (κ2) is 5.47. The fourth-order valence-corrected chi connectivity index (χ4v) is 2.08. The van der Waals surface area contributed by atoms with E-state index >= 15 is 0 Å². The fraction of sp³-hybridized carbons (Fsp3) is 0.214. The minimum atomic E-state index is -0.967. The van der Waals surface area contributed by atoms with Gasteiger partial charge in [-0.25, -0.2) is 4.98 Å². The Morgan fingerprint density at radius 3 is 2.32 bits per heavy atom. The lowest BCUT2D eigenvalue weighted by Gasteiger charge is -2.31. The van der Waals surface area contributed by atoms with Gasteiger partial charge in [-0.2, -0.15) is 0 Å². The summed E-state index contributed by atoms with van der Waals surface area (Å²) in [5.41, 5.74) is 6.68. The third kappa shape index (κ3) is 3.07. The average molecular weight is 297 g/mol. The van der Waals surface area contributed by atoms with Gasteiger partial charge in [0.15, 0.2) is 0 Å². The molecule has 0 amide bonds. The summed E-state index contributed by atoms with van der Waals surface area (Å²) in [6.07, 6.45) is 0.703. The van der Waals surface area contributed by atoms with Gasteiger partial charge in [0.25, 0.3) is 0 Å². The van der Waals surface area contributed by atoms with Crippen LogP contribution in [0.2, 0.25) is 10.2 Å². The van der Waals surface area contributed by atoms with Crippen molar-refractivity contribution >= 4 is 23.2 Å². The minimum Gasteiger partial charge on any atom is -0.386 e. The van der Waals surface area contributed by atoms with E-state index in [-0.39, 0.29) is 0 Å². The van der Waals surface area contributed by atoms with Crippen molar-refractivity contribution < 1.29 is 5.11 Å². The number of halogens is 2. The monoisotopic (exact) mass is 296 g/mol. The smallest absolute Gasteiger partial charge is 0.129 e. The third-order valence-electron chi connectivity index (χ3n) is 3.10. The van der Waals surface area contributed by atoms with E-state index in [1.807, 2.05) is 0 Å². The van der Waals surface area contributed by atoms with Crippen molar-refractivity contribution in [1.29, 1.82) is 0 Å². The Morgan fingerprint density at radius 2 is 1.79 bits per heavy atom. The molecule has 3 nitrogen and oxygen atoms in total. The predicted molar refractivity (Wildman–Crippen MR) is 77.2 cm³/mol. The van der Waals surface area contributed by atoms with Crippen molar-refractivity contribution in [3.05, 3.63) is 63.9 Å². The molecule has 5 heteroatoms. The van der Waals surface area contributed by atoms with E-state index in [1.54, 1.807) is 49.5 Å². The van der Waals surface area contributed by atoms with Crippen LogP contribution in [0.25, 0.3) is 0 Å². The first-order valence-electron chi connectivity index (χ1n) is 5.75. The molecule has 0 aliphatic carbocycles. The quantitative estimate of drug-likeness (QED) is 0.855. The zero-order chi connectivity index (χ0) is 14.0. The number of rotatable bonds is 3. The maximum atomic E-state index is 10.4. The molecular weight excluding hydrogens is 283 g/mol. The molecule has 0 aliphatic rings. The highest BCUT2D eigenvalue weighted by atomic mass is 35.5. The lowest BCUT2D eigenvalue weighted by atomic mass is 9.85. The normalized spacial score (nSPS) is 15.8. The Labute approximate surface area is 122 Å². The van der Waals surface area contributed by atoms with E-state index in [0.717, 1.165) is 0 Å². The maximum Gasteiger partial charge on any atom is 0.129 e. The molecule has 0 saturated carbocycles. The molecule has 1 aromatic carbocycles. The van der Waals surface area contributed by atoms with Gasteiger partial charge in [-0.05, 0) is 36.2 Å². The second-order valence-electron chi connectivity index (χ2n) is 4.61. The van der Waals surface area contributed by atoms with Gasteiger partial charge in [-0.15, -0.1) is 0 Å². The van der Waals surface area contributed by atoms with Crippen LogP contribution >= 0.6 is 23.2 Å². The van der Waals surface area contributed by atoms with Gasteiger partial charge < -0.3 is 10.8 Å². The molecule has 2 atom stereocenters. The van der Waals surface area contributed by atoms with Gasteiger partial charge >= 0.3 is 0 Å². The van der Waals surface area contributed by atoms with Crippen LogP contribution in [0.5, 0.6) is 0 Å². The number of hydrogen-bond donors (Lipinski definition) is 2. The Balaban J connectivity index is 2.32. The molecule has 0 spiro atoms. The molecule has 19 heavy (non-hydrogen) atoms. The van der Waals surface area contributed by atoms with Crippen molar-refractivity contribution in [2.24, 2.45) is 5.73 Å². The van der Waals surface area contributed by atoms with Crippen LogP contribution in [0, 0.1) is 0 Å². The van der Waals surface area contributed by atoms with E-state index in [4.69, 9.17) is 28.9 Å². The standard InChI is InChI=1S/C14H14Cl2N2O/c1-14(17,10-4-7-12(16)18-8-10)13(19)9-2-5-11(15)6-3-9/h2-8,13,19H,17H2,1H3. The van der Waals surface area contributed by atoms with Gasteiger partial charge in [-0.3, -0.25) is 0 Å². The lowest BCUT2D eigenvalue weighted by molar-refractivity contribution is 0.0930. The number of benzene rings is 1. The van der Waals surface area contributed by atoms with Crippen molar-refractivity contribution in [3.63, 3.8) is 0 Å². The van der Waals surface area contributed by atoms with Gasteiger partial charge in [0.1, 0.15) is 11.3 Å². The van der Waals surface area contributed by atoms with Crippen molar-refractivity contribution in [2.75, 3.05) is 0 Å². The summed E-state index contributed by atoms with van der Waals surface area (Å²) in [6.45, 7) is 1.75. The van der Waals surface area contributed by atoms with E-state index in [9.17, 15) is 5.11 Å². The van der Waals surface area contributed by atoms with E-state index < -0.39 is 11.6 Å². The summed E-state index contributed by atoms with van der Waals surface area (Å²) in [5.74, 6) is 0. The Kier molecular flexibility index (Phi) is 4.11. The molecule has 2 rings (SSSR count). The lowest BCUT2D eigenvalue weighted by Crippen LogP contribution is -2.39. The SMILES string of the molecule is CC(N)(c1ccc(Cl)nc1)C(O)c1ccc(Cl)cc1. The summed E-state index contributed by atoms with van der Waals surface area (Å²) in [7, 11) is 0. The molecule has 0 fully saturated rings. The van der Waals surface area contributed by atoms with E-state index in [1.165, 1.54) is 0 Å². The van der Waals surface area contributed by atoms with Gasteiger partial charge in [0, 0.05) is 11.2 Å². The molecule has 0 aliphatic heterocycles. The minimum absolute atomic E-state index is 0.389. The summed E-state index contributed by atoms with van der Waals surface area (Å²) in [5, 5.41) is 11.4. The van der Waals surface area contributed by atoms with Gasteiger partial charge in [0.2, 0.25) is 0 Å². The number of nitrogens with two attached hydrogens (primary N) is 1. The number of nitrogens with zero attached hydrogens (tertiary/aromatic N) is 1. The van der Waals surface area contributed by atoms with Crippen LogP contribution in [0.3, 0.4) is 0 Å². The fourth-order valence-electron chi connectivity index (χ4n) is 1.84. The zero-order valence-corrected chi connectivity index (χ0v) is 11.9. The maximum absolute atomic E-state index is 10.4. The summed E-state index contributed by atoms with van der Waals surface area (Å²) in [6, 6.07) is 10.3. The molecule has 1 heterocycles. The summed E-state index contributed by atoms with van der Waals surface area (Å²) < 4.78 is 0. The first-order valence-corrected chi connectivity index (χ1v) is 6.51. The number of pyridine rings is 1. The number of aromatic nitrogens is 1. The molecule has 3 N–H and O–H groups in total. The van der Waals surface area contributed by atoms with E-state index in [2.05, 4.69) is 4.98 Å². The molecular formula is C14H14Cl2N2O. The highest BCUT2D eigenvalue weighted by molar-refractivity contribution is 6.30. The van der Waals surface area contributed by atoms with Crippen molar-refractivity contribution in [2.45, 2.75) is 18.6 Å². The average Bonchev–Trinajstić information content (AvgIpc) is 2.39. The molecule has 0 bridgehead atoms. The second-order valence-corrected chi connectivity index (χ2v) is 5.43. The van der Waals surface area contributed by atoms with Crippen LogP contribution in [0.4, 0.5) is 0 Å². The van der Waals surface area contributed by atoms with Crippen LogP contribution in [0.1, 0.15) is 24.2 Å².